The fraction of sp³-hybridized carbons (Fsp3) is 0.167. The predicted molar refractivity (Wildman–Crippen MR) is 99.7 cm³/mol. The second-order valence-electron chi connectivity index (χ2n) is 5.22. The highest BCUT2D eigenvalue weighted by molar-refractivity contribution is 7.99. The molecule has 3 rings (SSSR count). The minimum Gasteiger partial charge on any atom is -0.508 e. The third kappa shape index (κ3) is 4.84. The molecule has 0 fully saturated rings. The van der Waals surface area contributed by atoms with Gasteiger partial charge in [-0.2, -0.15) is 9.78 Å². The Labute approximate surface area is 155 Å². The second-order valence-corrected chi connectivity index (χ2v) is 6.28. The molecule has 0 radical (unpaired) electrons. The van der Waals surface area contributed by atoms with E-state index in [4.69, 9.17) is 9.84 Å². The lowest BCUT2D eigenvalue weighted by atomic mass is 10.2. The summed E-state index contributed by atoms with van der Waals surface area (Å²) >= 11 is 1.36. The van der Waals surface area contributed by atoms with Crippen LogP contribution in [0.3, 0.4) is 0 Å². The molecule has 0 bridgehead atoms. The molecule has 0 aliphatic carbocycles. The van der Waals surface area contributed by atoms with Crippen LogP contribution in [-0.2, 0) is 6.61 Å². The van der Waals surface area contributed by atoms with Gasteiger partial charge >= 0.3 is 0 Å². The molecule has 1 heterocycles. The van der Waals surface area contributed by atoms with E-state index in [2.05, 4.69) is 15.3 Å². The summed E-state index contributed by atoms with van der Waals surface area (Å²) in [6.45, 7) is 0.249. The molecule has 0 atom stereocenters. The molecule has 3 aromatic rings. The van der Waals surface area contributed by atoms with Crippen molar-refractivity contribution < 1.29 is 14.9 Å². The number of phenolic OH excluding ortho intramolecular Hbond substituents is 1. The lowest BCUT2D eigenvalue weighted by molar-refractivity contribution is 0.290. The lowest BCUT2D eigenvalue weighted by Crippen LogP contribution is -2.05. The predicted octanol–water partition coefficient (Wildman–Crippen LogP) is 2.53. The van der Waals surface area contributed by atoms with Gasteiger partial charge in [-0.05, 0) is 42.0 Å². The number of aromatic hydroxyl groups is 1. The average molecular weight is 370 g/mol. The SMILES string of the molecule is OCCSc1nnc(COc2ccccc2)n1/N=C/c1ccc(O)cc1. The molecular weight excluding hydrogens is 352 g/mol. The van der Waals surface area contributed by atoms with Crippen LogP contribution in [-0.4, -0.2) is 43.7 Å². The van der Waals surface area contributed by atoms with E-state index in [9.17, 15) is 5.11 Å². The molecule has 7 nitrogen and oxygen atoms in total. The van der Waals surface area contributed by atoms with Crippen LogP contribution in [0.4, 0.5) is 0 Å². The number of para-hydroxylation sites is 1. The van der Waals surface area contributed by atoms with Gasteiger partial charge in [0, 0.05) is 5.75 Å². The minimum absolute atomic E-state index is 0.0368. The van der Waals surface area contributed by atoms with Gasteiger partial charge in [0.15, 0.2) is 5.82 Å². The Morgan fingerprint density at radius 3 is 2.58 bits per heavy atom. The largest absolute Gasteiger partial charge is 0.508 e. The number of aromatic nitrogens is 3. The summed E-state index contributed by atoms with van der Waals surface area (Å²) in [4.78, 5) is 0. The van der Waals surface area contributed by atoms with Gasteiger partial charge in [0.2, 0.25) is 5.16 Å². The molecule has 2 aromatic carbocycles. The van der Waals surface area contributed by atoms with Gasteiger partial charge in [-0.3, -0.25) is 0 Å². The third-order valence-corrected chi connectivity index (χ3v) is 4.23. The van der Waals surface area contributed by atoms with Crippen LogP contribution in [0.25, 0.3) is 0 Å². The molecule has 0 spiro atoms. The van der Waals surface area contributed by atoms with Crippen molar-refractivity contribution in [3.63, 3.8) is 0 Å². The molecule has 0 saturated heterocycles. The van der Waals surface area contributed by atoms with Crippen LogP contribution in [0.5, 0.6) is 11.5 Å². The summed E-state index contributed by atoms with van der Waals surface area (Å²) in [7, 11) is 0. The molecule has 0 amide bonds. The number of hydrogen-bond acceptors (Lipinski definition) is 7. The molecule has 134 valence electrons. The smallest absolute Gasteiger partial charge is 0.212 e. The van der Waals surface area contributed by atoms with Crippen molar-refractivity contribution in [1.82, 2.24) is 14.9 Å². The number of benzene rings is 2. The maximum absolute atomic E-state index is 9.36. The van der Waals surface area contributed by atoms with Crippen molar-refractivity contribution in [1.29, 1.82) is 0 Å². The highest BCUT2D eigenvalue weighted by Gasteiger charge is 2.12. The second kappa shape index (κ2) is 9.02. The van der Waals surface area contributed by atoms with Crippen LogP contribution in [0.15, 0.2) is 64.9 Å². The highest BCUT2D eigenvalue weighted by Crippen LogP contribution is 2.18. The minimum atomic E-state index is 0.0368. The zero-order chi connectivity index (χ0) is 18.2. The van der Waals surface area contributed by atoms with Crippen molar-refractivity contribution in [3.8, 4) is 11.5 Å². The number of phenols is 1. The first-order valence-corrected chi connectivity index (χ1v) is 8.94. The standard InChI is InChI=1S/C18H18N4O3S/c23-10-11-26-18-21-20-17(13-25-16-4-2-1-3-5-16)22(18)19-12-14-6-8-15(24)9-7-14/h1-9,12,23-24H,10-11,13H2/b19-12+. The molecule has 0 aliphatic heterocycles. The van der Waals surface area contributed by atoms with Crippen LogP contribution in [0.2, 0.25) is 0 Å². The Kier molecular flexibility index (Phi) is 6.24. The number of aliphatic hydroxyl groups excluding tert-OH is 1. The van der Waals surface area contributed by atoms with Gasteiger partial charge in [-0.15, -0.1) is 10.2 Å². The molecule has 1 aromatic heterocycles. The van der Waals surface area contributed by atoms with Gasteiger partial charge in [0.25, 0.3) is 0 Å². The van der Waals surface area contributed by atoms with E-state index in [-0.39, 0.29) is 19.0 Å². The number of hydrogen-bond donors (Lipinski definition) is 2. The van der Waals surface area contributed by atoms with Gasteiger partial charge in [0.05, 0.1) is 12.8 Å². The average Bonchev–Trinajstić information content (AvgIpc) is 3.07. The number of aliphatic hydroxyl groups is 1. The van der Waals surface area contributed by atoms with E-state index in [0.717, 1.165) is 11.3 Å². The van der Waals surface area contributed by atoms with E-state index in [1.165, 1.54) is 11.8 Å². The summed E-state index contributed by atoms with van der Waals surface area (Å²) in [5, 5.41) is 31.7. The van der Waals surface area contributed by atoms with Crippen LogP contribution < -0.4 is 4.74 Å². The topological polar surface area (TPSA) is 92.8 Å². The Morgan fingerprint density at radius 1 is 1.08 bits per heavy atom. The quantitative estimate of drug-likeness (QED) is 0.468. The Morgan fingerprint density at radius 2 is 1.85 bits per heavy atom. The Balaban J connectivity index is 1.79. The van der Waals surface area contributed by atoms with E-state index in [1.54, 1.807) is 35.2 Å². The lowest BCUT2D eigenvalue weighted by Gasteiger charge is -2.06. The zero-order valence-electron chi connectivity index (χ0n) is 13.9. The number of ether oxygens (including phenoxy) is 1. The number of rotatable bonds is 8. The zero-order valence-corrected chi connectivity index (χ0v) is 14.7. The van der Waals surface area contributed by atoms with Gasteiger partial charge < -0.3 is 14.9 Å². The summed E-state index contributed by atoms with van der Waals surface area (Å²) in [5.74, 6) is 1.97. The summed E-state index contributed by atoms with van der Waals surface area (Å²) < 4.78 is 7.32. The molecule has 0 saturated carbocycles. The third-order valence-electron chi connectivity index (χ3n) is 3.33. The molecule has 26 heavy (non-hydrogen) atoms. The number of nitrogens with zero attached hydrogens (tertiary/aromatic N) is 4. The maximum Gasteiger partial charge on any atom is 0.212 e. The normalized spacial score (nSPS) is 11.1. The maximum atomic E-state index is 9.36. The fourth-order valence-corrected chi connectivity index (χ4v) is 2.73. The molecule has 2 N–H and O–H groups in total. The van der Waals surface area contributed by atoms with Gasteiger partial charge in [-0.25, -0.2) is 0 Å². The fourth-order valence-electron chi connectivity index (χ4n) is 2.08. The van der Waals surface area contributed by atoms with E-state index in [0.29, 0.717) is 16.7 Å². The highest BCUT2D eigenvalue weighted by atomic mass is 32.2. The van der Waals surface area contributed by atoms with Gasteiger partial charge in [-0.1, -0.05) is 30.0 Å². The van der Waals surface area contributed by atoms with Crippen LogP contribution in [0, 0.1) is 0 Å². The molecule has 0 unspecified atom stereocenters. The van der Waals surface area contributed by atoms with Crippen LogP contribution in [0.1, 0.15) is 11.4 Å². The van der Waals surface area contributed by atoms with Crippen molar-refractivity contribution >= 4 is 18.0 Å². The first-order valence-electron chi connectivity index (χ1n) is 7.95. The summed E-state index contributed by atoms with van der Waals surface area (Å²) in [6, 6.07) is 16.1. The van der Waals surface area contributed by atoms with E-state index < -0.39 is 0 Å². The summed E-state index contributed by atoms with van der Waals surface area (Å²) in [5.41, 5.74) is 0.824. The van der Waals surface area contributed by atoms with Crippen molar-refractivity contribution in [3.05, 3.63) is 66.0 Å². The van der Waals surface area contributed by atoms with Crippen molar-refractivity contribution in [2.75, 3.05) is 12.4 Å². The van der Waals surface area contributed by atoms with E-state index >= 15 is 0 Å². The summed E-state index contributed by atoms with van der Waals surface area (Å²) in [6.07, 6.45) is 1.65. The Hall–Kier alpha value is -2.84. The Bertz CT molecular complexity index is 851. The molecule has 8 heteroatoms. The first kappa shape index (κ1) is 18.0. The molecular formula is C18H18N4O3S. The van der Waals surface area contributed by atoms with Crippen molar-refractivity contribution in [2.45, 2.75) is 11.8 Å². The van der Waals surface area contributed by atoms with E-state index in [1.807, 2.05) is 30.3 Å². The first-order chi connectivity index (χ1) is 12.8. The van der Waals surface area contributed by atoms with Crippen molar-refractivity contribution in [2.24, 2.45) is 5.10 Å². The number of thioether (sulfide) groups is 1. The van der Waals surface area contributed by atoms with Crippen LogP contribution >= 0.6 is 11.8 Å². The van der Waals surface area contributed by atoms with Gasteiger partial charge in [0.1, 0.15) is 18.1 Å². The molecule has 0 aliphatic rings. The monoisotopic (exact) mass is 370 g/mol.